The lowest BCUT2D eigenvalue weighted by molar-refractivity contribution is 0.981. The third kappa shape index (κ3) is 6.59. The predicted octanol–water partition coefficient (Wildman–Crippen LogP) is 16.0. The van der Waals surface area contributed by atoms with Gasteiger partial charge in [-0.25, -0.2) is 14.5 Å². The molecule has 0 aliphatic heterocycles. The molecule has 0 radical (unpaired) electrons. The van der Waals surface area contributed by atoms with E-state index in [0.717, 1.165) is 94.8 Å². The second-order valence-electron chi connectivity index (χ2n) is 17.2. The van der Waals surface area contributed by atoms with E-state index in [0.29, 0.717) is 5.82 Å². The second-order valence-corrected chi connectivity index (χ2v) is 17.2. The Kier molecular flexibility index (Phi) is 9.43. The molecule has 0 amide bonds. The highest BCUT2D eigenvalue weighted by Gasteiger charge is 2.26. The number of rotatable bonds is 8. The first-order valence-corrected chi connectivity index (χ1v) is 23.0. The fourth-order valence-corrected chi connectivity index (χ4v) is 10.1. The van der Waals surface area contributed by atoms with Gasteiger partial charge in [0.2, 0.25) is 0 Å². The zero-order valence-corrected chi connectivity index (χ0v) is 36.9. The summed E-state index contributed by atoms with van der Waals surface area (Å²) < 4.78 is 4.55. The summed E-state index contributed by atoms with van der Waals surface area (Å²) in [6.07, 6.45) is 0. The molecule has 5 nitrogen and oxygen atoms in total. The van der Waals surface area contributed by atoms with Gasteiger partial charge in [-0.3, -0.25) is 0 Å². The number of nitrogens with zero attached hydrogens (tertiary/aromatic N) is 5. The van der Waals surface area contributed by atoms with Crippen LogP contribution in [0.25, 0.3) is 122 Å². The maximum absolute atomic E-state index is 5.60. The molecule has 0 N–H and O–H groups in total. The number of benzene rings is 9. The zero-order valence-electron chi connectivity index (χ0n) is 36.9. The van der Waals surface area contributed by atoms with E-state index in [1.807, 2.05) is 18.2 Å². The monoisotopic (exact) mass is 867 g/mol. The Morgan fingerprint density at radius 1 is 0.309 bits per heavy atom. The van der Waals surface area contributed by atoms with Crippen LogP contribution in [0.4, 0.5) is 0 Å². The lowest BCUT2D eigenvalue weighted by Crippen LogP contribution is -2.00. The molecule has 0 fully saturated rings. The molecule has 0 spiro atoms. The fourth-order valence-electron chi connectivity index (χ4n) is 10.1. The van der Waals surface area contributed by atoms with Gasteiger partial charge in [-0.15, -0.1) is 0 Å². The van der Waals surface area contributed by atoms with Crippen molar-refractivity contribution in [2.45, 2.75) is 0 Å². The highest BCUT2D eigenvalue weighted by molar-refractivity contribution is 6.15. The number of aromatic nitrogens is 5. The molecule has 0 aliphatic rings. The van der Waals surface area contributed by atoms with Crippen LogP contribution in [0, 0.1) is 0 Å². The van der Waals surface area contributed by atoms with Crippen LogP contribution in [0.15, 0.2) is 249 Å². The normalized spacial score (nSPS) is 11.5. The Bertz CT molecular complexity index is 3950. The van der Waals surface area contributed by atoms with Crippen molar-refractivity contribution in [1.82, 2.24) is 24.1 Å². The first kappa shape index (κ1) is 39.2. The van der Waals surface area contributed by atoms with Crippen molar-refractivity contribution in [3.05, 3.63) is 249 Å². The molecule has 0 aliphatic carbocycles. The summed E-state index contributed by atoms with van der Waals surface area (Å²) in [5, 5.41) is 10.3. The molecule has 9 aromatic carbocycles. The molecule has 0 bridgehead atoms. The van der Waals surface area contributed by atoms with Gasteiger partial charge in [0.25, 0.3) is 0 Å². The van der Waals surface area contributed by atoms with E-state index in [-0.39, 0.29) is 0 Å². The molecular weight excluding hydrogens is 827 g/mol. The molecule has 13 rings (SSSR count). The Labute approximate surface area is 393 Å². The van der Waals surface area contributed by atoms with Crippen LogP contribution in [0.3, 0.4) is 0 Å². The van der Waals surface area contributed by atoms with Gasteiger partial charge in [0, 0.05) is 60.8 Å². The molecule has 68 heavy (non-hydrogen) atoms. The van der Waals surface area contributed by atoms with Gasteiger partial charge >= 0.3 is 0 Å². The molecule has 4 heterocycles. The average molecular weight is 868 g/mol. The molecular formula is C63H41N5. The number of pyridine rings is 1. The zero-order chi connectivity index (χ0) is 45.0. The van der Waals surface area contributed by atoms with Crippen LogP contribution in [0.5, 0.6) is 0 Å². The molecule has 0 unspecified atom stereocenters. The van der Waals surface area contributed by atoms with E-state index < -0.39 is 0 Å². The molecule has 4 aromatic heterocycles. The summed E-state index contributed by atoms with van der Waals surface area (Å²) in [6, 6.07) is 87.9. The van der Waals surface area contributed by atoms with Crippen LogP contribution in [0.2, 0.25) is 0 Å². The maximum Gasteiger partial charge on any atom is 0.160 e. The third-order valence-electron chi connectivity index (χ3n) is 13.1. The van der Waals surface area contributed by atoms with Gasteiger partial charge in [0.15, 0.2) is 5.82 Å². The van der Waals surface area contributed by atoms with Crippen molar-refractivity contribution in [1.29, 1.82) is 0 Å². The summed E-state index contributed by atoms with van der Waals surface area (Å²) in [5.74, 6) is 0.668. The first-order valence-electron chi connectivity index (χ1n) is 23.0. The molecule has 0 atom stereocenters. The van der Waals surface area contributed by atoms with Gasteiger partial charge in [-0.05, 0) is 52.9 Å². The van der Waals surface area contributed by atoms with Gasteiger partial charge in [0.1, 0.15) is 5.69 Å². The smallest absolute Gasteiger partial charge is 0.160 e. The Hall–Kier alpha value is -9.19. The van der Waals surface area contributed by atoms with Crippen molar-refractivity contribution in [2.75, 3.05) is 0 Å². The van der Waals surface area contributed by atoms with E-state index in [1.165, 1.54) is 21.8 Å². The highest BCUT2D eigenvalue weighted by atomic mass is 15.2. The van der Waals surface area contributed by atoms with Gasteiger partial charge in [0.05, 0.1) is 33.6 Å². The van der Waals surface area contributed by atoms with Crippen LogP contribution in [-0.2, 0) is 0 Å². The lowest BCUT2D eigenvalue weighted by atomic mass is 9.90. The SMILES string of the molecule is c1ccc(-c2nc(-c3cccc(-c4c(-c5ccccc5)n5nc(-c6ccccc6)c(-c6ccccc6)c5c5ccccc45)c3)cc(-c3cccc(-n4c5ccccc5c5ccccc54)c3)n2)cc1. The minimum absolute atomic E-state index is 0.668. The predicted molar refractivity (Wildman–Crippen MR) is 281 cm³/mol. The lowest BCUT2D eigenvalue weighted by Gasteiger charge is -2.18. The van der Waals surface area contributed by atoms with Crippen molar-refractivity contribution < 1.29 is 0 Å². The van der Waals surface area contributed by atoms with E-state index in [4.69, 9.17) is 15.1 Å². The summed E-state index contributed by atoms with van der Waals surface area (Å²) in [7, 11) is 0. The Morgan fingerprint density at radius 2 is 0.779 bits per heavy atom. The molecule has 0 saturated heterocycles. The molecule has 5 heteroatoms. The largest absolute Gasteiger partial charge is 0.309 e. The highest BCUT2D eigenvalue weighted by Crippen LogP contribution is 2.46. The van der Waals surface area contributed by atoms with Gasteiger partial charge in [-0.1, -0.05) is 212 Å². The standard InChI is InChI=1S/C63H41N5/c1-5-21-42(22-6-1)59-60(43-23-7-2-8-24-43)66-68-61(44-25-9-3-10-26-44)58(52-35-13-14-36-53(52)62(59)68)48-31-19-29-46(39-48)54-41-55(65-63(64-54)45-27-11-4-12-28-45)47-30-20-32-49(40-47)67-56-37-17-15-33-50(56)51-34-16-18-38-57(51)67/h1-41H. The van der Waals surface area contributed by atoms with Crippen molar-refractivity contribution >= 4 is 38.1 Å². The number of hydrogen-bond donors (Lipinski definition) is 0. The summed E-state index contributed by atoms with van der Waals surface area (Å²) >= 11 is 0. The van der Waals surface area contributed by atoms with Crippen LogP contribution < -0.4 is 0 Å². The summed E-state index contributed by atoms with van der Waals surface area (Å²) in [6.45, 7) is 0. The van der Waals surface area contributed by atoms with Crippen molar-refractivity contribution in [2.24, 2.45) is 0 Å². The number of hydrogen-bond acceptors (Lipinski definition) is 3. The quantitative estimate of drug-likeness (QED) is 0.153. The fraction of sp³-hybridized carbons (Fsp3) is 0. The average Bonchev–Trinajstić information content (AvgIpc) is 3.99. The van der Waals surface area contributed by atoms with Crippen LogP contribution >= 0.6 is 0 Å². The van der Waals surface area contributed by atoms with Crippen LogP contribution in [-0.4, -0.2) is 24.1 Å². The topological polar surface area (TPSA) is 48.0 Å². The second kappa shape index (κ2) is 16.4. The van der Waals surface area contributed by atoms with E-state index in [9.17, 15) is 0 Å². The van der Waals surface area contributed by atoms with E-state index in [1.54, 1.807) is 0 Å². The number of para-hydroxylation sites is 2. The van der Waals surface area contributed by atoms with Crippen LogP contribution in [0.1, 0.15) is 0 Å². The Balaban J connectivity index is 1.04. The van der Waals surface area contributed by atoms with Crippen molar-refractivity contribution in [3.8, 4) is 84.4 Å². The third-order valence-corrected chi connectivity index (χ3v) is 13.1. The summed E-state index contributed by atoms with van der Waals surface area (Å²) in [5.41, 5.74) is 17.6. The van der Waals surface area contributed by atoms with E-state index >= 15 is 0 Å². The Morgan fingerprint density at radius 3 is 1.41 bits per heavy atom. The molecule has 0 saturated carbocycles. The summed E-state index contributed by atoms with van der Waals surface area (Å²) in [4.78, 5) is 10.6. The molecule has 13 aromatic rings. The van der Waals surface area contributed by atoms with Gasteiger partial charge < -0.3 is 4.57 Å². The maximum atomic E-state index is 5.60. The minimum atomic E-state index is 0.668. The minimum Gasteiger partial charge on any atom is -0.309 e. The molecule has 318 valence electrons. The van der Waals surface area contributed by atoms with Crippen molar-refractivity contribution in [3.63, 3.8) is 0 Å². The van der Waals surface area contributed by atoms with Gasteiger partial charge in [-0.2, -0.15) is 5.10 Å². The van der Waals surface area contributed by atoms with E-state index in [2.05, 4.69) is 240 Å². The first-order chi connectivity index (χ1) is 33.7. The number of fused-ring (bicyclic) bond motifs is 6.